The van der Waals surface area contributed by atoms with Gasteiger partial charge in [-0.25, -0.2) is 0 Å². The second kappa shape index (κ2) is 8.82. The maximum atomic E-state index is 12.5. The first kappa shape index (κ1) is 18.7. The number of carbonyl (C=O) groups excluding carboxylic acids is 1. The van der Waals surface area contributed by atoms with Crippen molar-refractivity contribution in [1.82, 2.24) is 9.80 Å². The molecule has 1 amide bonds. The number of rotatable bonds is 6. The molecular weight excluding hydrogens is 274 g/mol. The molecule has 0 saturated heterocycles. The summed E-state index contributed by atoms with van der Waals surface area (Å²) in [6.07, 6.45) is 0. The number of halogens is 1. The number of nitrogens with zero attached hydrogens (tertiary/aromatic N) is 2. The first-order valence-electron chi connectivity index (χ1n) is 6.69. The van der Waals surface area contributed by atoms with Crippen molar-refractivity contribution in [2.24, 2.45) is 5.92 Å². The van der Waals surface area contributed by atoms with Crippen molar-refractivity contribution >= 4 is 24.0 Å². The Morgan fingerprint density at radius 1 is 1.15 bits per heavy atom. The molecule has 1 rings (SSSR count). The number of hydrogen-bond donors (Lipinski definition) is 1. The maximum absolute atomic E-state index is 12.5. The van der Waals surface area contributed by atoms with Gasteiger partial charge in [0.25, 0.3) is 5.91 Å². The van der Waals surface area contributed by atoms with Crippen molar-refractivity contribution in [2.75, 3.05) is 39.5 Å². The topological polar surface area (TPSA) is 49.6 Å². The van der Waals surface area contributed by atoms with Gasteiger partial charge in [0, 0.05) is 30.9 Å². The van der Waals surface area contributed by atoms with Gasteiger partial charge in [-0.05, 0) is 44.3 Å². The number of amides is 1. The fourth-order valence-electron chi connectivity index (χ4n) is 1.85. The standard InChI is InChI=1S/C15H25N3O.ClH/c1-12(2)11-18(10-9-17(3)4)15(19)13-5-7-14(16)8-6-13;/h5-8,12H,9-11,16H2,1-4H3;1H. The van der Waals surface area contributed by atoms with Crippen LogP contribution in [0.4, 0.5) is 5.69 Å². The Morgan fingerprint density at radius 2 is 1.70 bits per heavy atom. The minimum atomic E-state index is 0. The lowest BCUT2D eigenvalue weighted by molar-refractivity contribution is 0.0724. The number of nitrogen functional groups attached to an aromatic ring is 1. The highest BCUT2D eigenvalue weighted by atomic mass is 35.5. The van der Waals surface area contributed by atoms with Gasteiger partial charge in [-0.2, -0.15) is 0 Å². The smallest absolute Gasteiger partial charge is 0.253 e. The summed E-state index contributed by atoms with van der Waals surface area (Å²) in [7, 11) is 4.03. The van der Waals surface area contributed by atoms with E-state index in [1.165, 1.54) is 0 Å². The zero-order chi connectivity index (χ0) is 14.4. The van der Waals surface area contributed by atoms with Crippen LogP contribution in [-0.2, 0) is 0 Å². The van der Waals surface area contributed by atoms with Crippen LogP contribution in [0.5, 0.6) is 0 Å². The molecule has 1 aromatic carbocycles. The molecule has 0 unspecified atom stereocenters. The summed E-state index contributed by atoms with van der Waals surface area (Å²) in [6.45, 7) is 6.64. The van der Waals surface area contributed by atoms with Crippen LogP contribution >= 0.6 is 12.4 Å². The molecule has 0 bridgehead atoms. The Bertz CT molecular complexity index is 404. The minimum absolute atomic E-state index is 0. The van der Waals surface area contributed by atoms with Crippen LogP contribution in [0.25, 0.3) is 0 Å². The molecule has 2 N–H and O–H groups in total. The molecule has 0 aliphatic rings. The van der Waals surface area contributed by atoms with E-state index in [1.54, 1.807) is 24.3 Å². The molecule has 20 heavy (non-hydrogen) atoms. The lowest BCUT2D eigenvalue weighted by Gasteiger charge is -2.26. The summed E-state index contributed by atoms with van der Waals surface area (Å²) >= 11 is 0. The first-order chi connectivity index (χ1) is 8.90. The molecule has 5 heteroatoms. The van der Waals surface area contributed by atoms with E-state index >= 15 is 0 Å². The van der Waals surface area contributed by atoms with E-state index < -0.39 is 0 Å². The molecule has 0 fully saturated rings. The fraction of sp³-hybridized carbons (Fsp3) is 0.533. The molecule has 0 aromatic heterocycles. The fourth-order valence-corrected chi connectivity index (χ4v) is 1.85. The average Bonchev–Trinajstić information content (AvgIpc) is 2.34. The molecule has 0 aliphatic heterocycles. The van der Waals surface area contributed by atoms with E-state index in [1.807, 2.05) is 19.0 Å². The van der Waals surface area contributed by atoms with Gasteiger partial charge in [-0.3, -0.25) is 4.79 Å². The zero-order valence-corrected chi connectivity index (χ0v) is 13.6. The van der Waals surface area contributed by atoms with Crippen molar-refractivity contribution < 1.29 is 4.79 Å². The van der Waals surface area contributed by atoms with Crippen LogP contribution in [0.1, 0.15) is 24.2 Å². The predicted molar refractivity (Wildman–Crippen MR) is 87.4 cm³/mol. The molecule has 4 nitrogen and oxygen atoms in total. The predicted octanol–water partition coefficient (Wildman–Crippen LogP) is 2.35. The van der Waals surface area contributed by atoms with Crippen LogP contribution in [0.3, 0.4) is 0 Å². The highest BCUT2D eigenvalue weighted by Gasteiger charge is 2.16. The molecule has 0 atom stereocenters. The van der Waals surface area contributed by atoms with Crippen molar-refractivity contribution in [1.29, 1.82) is 0 Å². The Kier molecular flexibility index (Phi) is 8.26. The zero-order valence-electron chi connectivity index (χ0n) is 12.8. The van der Waals surface area contributed by atoms with Crippen LogP contribution in [0, 0.1) is 5.92 Å². The van der Waals surface area contributed by atoms with Crippen molar-refractivity contribution in [3.63, 3.8) is 0 Å². The summed E-state index contributed by atoms with van der Waals surface area (Å²) in [6, 6.07) is 7.13. The summed E-state index contributed by atoms with van der Waals surface area (Å²) in [5, 5.41) is 0. The monoisotopic (exact) mass is 299 g/mol. The number of carbonyl (C=O) groups is 1. The molecule has 1 aromatic rings. The van der Waals surface area contributed by atoms with E-state index in [4.69, 9.17) is 5.73 Å². The van der Waals surface area contributed by atoms with Gasteiger partial charge >= 0.3 is 0 Å². The Morgan fingerprint density at radius 3 is 2.15 bits per heavy atom. The molecular formula is C15H26ClN3O. The average molecular weight is 300 g/mol. The molecule has 0 spiro atoms. The van der Waals surface area contributed by atoms with Crippen LogP contribution < -0.4 is 5.73 Å². The summed E-state index contributed by atoms with van der Waals surface area (Å²) in [5.74, 6) is 0.537. The van der Waals surface area contributed by atoms with E-state index in [-0.39, 0.29) is 18.3 Å². The summed E-state index contributed by atoms with van der Waals surface area (Å²) < 4.78 is 0. The van der Waals surface area contributed by atoms with Crippen LogP contribution in [0.15, 0.2) is 24.3 Å². The SMILES string of the molecule is CC(C)CN(CCN(C)C)C(=O)c1ccc(N)cc1.Cl. The van der Waals surface area contributed by atoms with E-state index in [0.29, 0.717) is 17.2 Å². The van der Waals surface area contributed by atoms with Crippen molar-refractivity contribution in [3.05, 3.63) is 29.8 Å². The second-order valence-electron chi connectivity index (χ2n) is 5.57. The summed E-state index contributed by atoms with van der Waals surface area (Å²) in [4.78, 5) is 16.5. The van der Waals surface area contributed by atoms with Gasteiger partial charge in [0.2, 0.25) is 0 Å². The third-order valence-corrected chi connectivity index (χ3v) is 2.85. The van der Waals surface area contributed by atoms with Gasteiger partial charge in [0.15, 0.2) is 0 Å². The first-order valence-corrected chi connectivity index (χ1v) is 6.69. The normalized spacial score (nSPS) is 10.5. The third-order valence-electron chi connectivity index (χ3n) is 2.85. The maximum Gasteiger partial charge on any atom is 0.253 e. The van der Waals surface area contributed by atoms with Gasteiger partial charge in [-0.1, -0.05) is 13.8 Å². The van der Waals surface area contributed by atoms with Gasteiger partial charge in [0.05, 0.1) is 0 Å². The lowest BCUT2D eigenvalue weighted by atomic mass is 10.1. The minimum Gasteiger partial charge on any atom is -0.399 e. The number of likely N-dealkylation sites (N-methyl/N-ethyl adjacent to an activating group) is 1. The van der Waals surface area contributed by atoms with Crippen molar-refractivity contribution in [2.45, 2.75) is 13.8 Å². The lowest BCUT2D eigenvalue weighted by Crippen LogP contribution is -2.39. The third kappa shape index (κ3) is 6.26. The van der Waals surface area contributed by atoms with Crippen LogP contribution in [0.2, 0.25) is 0 Å². The summed E-state index contributed by atoms with van der Waals surface area (Å²) in [5.41, 5.74) is 7.03. The highest BCUT2D eigenvalue weighted by molar-refractivity contribution is 5.94. The number of anilines is 1. The number of benzene rings is 1. The molecule has 0 aliphatic carbocycles. The second-order valence-corrected chi connectivity index (χ2v) is 5.57. The Hall–Kier alpha value is -1.26. The molecule has 0 saturated carbocycles. The van der Waals surface area contributed by atoms with Gasteiger partial charge in [-0.15, -0.1) is 12.4 Å². The van der Waals surface area contributed by atoms with E-state index in [9.17, 15) is 4.79 Å². The quantitative estimate of drug-likeness (QED) is 0.820. The molecule has 0 heterocycles. The Labute approximate surface area is 128 Å². The number of nitrogens with two attached hydrogens (primary N) is 1. The highest BCUT2D eigenvalue weighted by Crippen LogP contribution is 2.10. The largest absolute Gasteiger partial charge is 0.399 e. The Balaban J connectivity index is 0.00000361. The molecule has 114 valence electrons. The van der Waals surface area contributed by atoms with E-state index in [0.717, 1.165) is 19.6 Å². The van der Waals surface area contributed by atoms with Crippen LogP contribution in [-0.4, -0.2) is 49.4 Å². The van der Waals surface area contributed by atoms with Crippen molar-refractivity contribution in [3.8, 4) is 0 Å². The van der Waals surface area contributed by atoms with Gasteiger partial charge in [0.1, 0.15) is 0 Å². The molecule has 0 radical (unpaired) electrons. The van der Waals surface area contributed by atoms with E-state index in [2.05, 4.69) is 18.7 Å². The number of hydrogen-bond acceptors (Lipinski definition) is 3. The van der Waals surface area contributed by atoms with Gasteiger partial charge < -0.3 is 15.5 Å².